The molecule has 0 aromatic carbocycles. The summed E-state index contributed by atoms with van der Waals surface area (Å²) in [5.74, 6) is 0.214. The molecule has 1 aromatic heterocycles. The zero-order valence-electron chi connectivity index (χ0n) is 14.2. The van der Waals surface area contributed by atoms with Crippen LogP contribution in [-0.2, 0) is 14.8 Å². The minimum absolute atomic E-state index is 0.142. The first-order valence-corrected chi connectivity index (χ1v) is 10.4. The molecule has 1 aliphatic heterocycles. The van der Waals surface area contributed by atoms with Gasteiger partial charge in [-0.05, 0) is 36.8 Å². The topological polar surface area (TPSA) is 88.6 Å². The van der Waals surface area contributed by atoms with Crippen LogP contribution in [0.5, 0.6) is 0 Å². The number of aromatic nitrogens is 1. The van der Waals surface area contributed by atoms with Crippen LogP contribution in [0.4, 0.5) is 0 Å². The third kappa shape index (κ3) is 4.13. The van der Waals surface area contributed by atoms with Crippen molar-refractivity contribution in [2.45, 2.75) is 25.0 Å². The van der Waals surface area contributed by atoms with Crippen LogP contribution < -0.4 is 5.32 Å². The molecule has 1 saturated carbocycles. The van der Waals surface area contributed by atoms with E-state index < -0.39 is 10.0 Å². The molecule has 1 saturated heterocycles. The van der Waals surface area contributed by atoms with E-state index in [1.807, 2.05) is 0 Å². The Labute approximate surface area is 152 Å². The summed E-state index contributed by atoms with van der Waals surface area (Å²) in [7, 11) is -1.57. The lowest BCUT2D eigenvalue weighted by Gasteiger charge is -2.37. The van der Waals surface area contributed by atoms with Crippen molar-refractivity contribution < 1.29 is 17.9 Å². The second-order valence-electron chi connectivity index (χ2n) is 6.79. The van der Waals surface area contributed by atoms with Crippen molar-refractivity contribution in [3.63, 3.8) is 0 Å². The van der Waals surface area contributed by atoms with Crippen molar-refractivity contribution >= 4 is 27.5 Å². The SMILES string of the molecule is CO[C@H]1C[C@@H]2CN(S(C)(=O)=O)C[C@@H]2C[C@@H]1NC(=O)c1ccc(Cl)cn1. The standard InChI is InChI=1S/C16H22ClN3O4S/c1-24-15-6-11-9-20(25(2,22)23)8-10(11)5-14(15)19-16(21)13-4-3-12(17)7-18-13/h3-4,7,10-11,14-15H,5-6,8-9H2,1-2H3,(H,19,21)/t10-,11+,14-,15-/m0/s1. The minimum atomic E-state index is -3.19. The largest absolute Gasteiger partial charge is 0.379 e. The van der Waals surface area contributed by atoms with E-state index in [2.05, 4.69) is 10.3 Å². The van der Waals surface area contributed by atoms with Crippen molar-refractivity contribution in [3.05, 3.63) is 29.0 Å². The van der Waals surface area contributed by atoms with Crippen LogP contribution in [-0.4, -0.2) is 62.2 Å². The van der Waals surface area contributed by atoms with Crippen molar-refractivity contribution in [2.75, 3.05) is 26.5 Å². The lowest BCUT2D eigenvalue weighted by molar-refractivity contribution is 0.0124. The molecular formula is C16H22ClN3O4S. The summed E-state index contributed by atoms with van der Waals surface area (Å²) >= 11 is 5.80. The quantitative estimate of drug-likeness (QED) is 0.837. The molecule has 0 spiro atoms. The van der Waals surface area contributed by atoms with E-state index >= 15 is 0 Å². The van der Waals surface area contributed by atoms with Crippen molar-refractivity contribution in [1.29, 1.82) is 0 Å². The van der Waals surface area contributed by atoms with E-state index in [9.17, 15) is 13.2 Å². The van der Waals surface area contributed by atoms with Gasteiger partial charge in [-0.1, -0.05) is 11.6 Å². The predicted octanol–water partition coefficient (Wildman–Crippen LogP) is 1.15. The molecule has 1 aliphatic carbocycles. The number of nitrogens with one attached hydrogen (secondary N) is 1. The number of pyridine rings is 1. The second kappa shape index (κ2) is 7.19. The molecule has 1 aromatic rings. The molecule has 0 bridgehead atoms. The molecule has 1 N–H and O–H groups in total. The molecule has 2 heterocycles. The van der Waals surface area contributed by atoms with Crippen LogP contribution in [0.1, 0.15) is 23.3 Å². The van der Waals surface area contributed by atoms with Gasteiger partial charge in [0.2, 0.25) is 10.0 Å². The maximum atomic E-state index is 12.4. The van der Waals surface area contributed by atoms with Gasteiger partial charge in [-0.3, -0.25) is 4.79 Å². The summed E-state index contributed by atoms with van der Waals surface area (Å²) in [6, 6.07) is 3.03. The van der Waals surface area contributed by atoms with Crippen LogP contribution >= 0.6 is 11.6 Å². The number of halogens is 1. The summed E-state index contributed by atoms with van der Waals surface area (Å²) < 4.78 is 30.7. The zero-order valence-corrected chi connectivity index (χ0v) is 15.8. The number of fused-ring (bicyclic) bond motifs is 1. The molecule has 2 fully saturated rings. The van der Waals surface area contributed by atoms with Gasteiger partial charge in [0.05, 0.1) is 23.4 Å². The smallest absolute Gasteiger partial charge is 0.270 e. The van der Waals surface area contributed by atoms with Crippen LogP contribution in [0.3, 0.4) is 0 Å². The molecule has 25 heavy (non-hydrogen) atoms. The average molecular weight is 388 g/mol. The van der Waals surface area contributed by atoms with E-state index in [0.717, 1.165) is 6.42 Å². The Morgan fingerprint density at radius 2 is 2.00 bits per heavy atom. The fourth-order valence-electron chi connectivity index (χ4n) is 3.81. The Morgan fingerprint density at radius 1 is 1.32 bits per heavy atom. The predicted molar refractivity (Wildman–Crippen MR) is 93.9 cm³/mol. The number of sulfonamides is 1. The lowest BCUT2D eigenvalue weighted by Crippen LogP contribution is -2.50. The molecule has 3 rings (SSSR count). The van der Waals surface area contributed by atoms with Crippen molar-refractivity contribution in [2.24, 2.45) is 11.8 Å². The highest BCUT2D eigenvalue weighted by Crippen LogP contribution is 2.38. The first-order valence-electron chi connectivity index (χ1n) is 8.18. The number of nitrogens with zero attached hydrogens (tertiary/aromatic N) is 2. The first kappa shape index (κ1) is 18.6. The number of carbonyl (C=O) groups excluding carboxylic acids is 1. The first-order chi connectivity index (χ1) is 11.8. The summed E-state index contributed by atoms with van der Waals surface area (Å²) in [4.78, 5) is 16.5. The van der Waals surface area contributed by atoms with Crippen LogP contribution in [0.2, 0.25) is 5.02 Å². The molecule has 0 unspecified atom stereocenters. The van der Waals surface area contributed by atoms with Gasteiger partial charge in [-0.2, -0.15) is 0 Å². The van der Waals surface area contributed by atoms with Crippen molar-refractivity contribution in [1.82, 2.24) is 14.6 Å². The Morgan fingerprint density at radius 3 is 2.56 bits per heavy atom. The number of amides is 1. The Bertz CT molecular complexity index is 740. The molecule has 2 aliphatic rings. The monoisotopic (exact) mass is 387 g/mol. The molecular weight excluding hydrogens is 366 g/mol. The van der Waals surface area contributed by atoms with Gasteiger partial charge in [0.15, 0.2) is 0 Å². The number of hydrogen-bond donors (Lipinski definition) is 1. The third-order valence-corrected chi connectivity index (χ3v) is 6.59. The Kier molecular flexibility index (Phi) is 5.34. The number of carbonyl (C=O) groups is 1. The number of methoxy groups -OCH3 is 1. The summed E-state index contributed by atoms with van der Waals surface area (Å²) in [6.45, 7) is 1.04. The van der Waals surface area contributed by atoms with Gasteiger partial charge in [0.25, 0.3) is 5.91 Å². The molecule has 9 heteroatoms. The van der Waals surface area contributed by atoms with Gasteiger partial charge in [0.1, 0.15) is 5.69 Å². The number of rotatable bonds is 4. The summed E-state index contributed by atoms with van der Waals surface area (Å²) in [5, 5.41) is 3.46. The van der Waals surface area contributed by atoms with E-state index in [1.165, 1.54) is 16.8 Å². The highest BCUT2D eigenvalue weighted by Gasteiger charge is 2.45. The molecule has 4 atom stereocenters. The van der Waals surface area contributed by atoms with E-state index in [1.54, 1.807) is 19.2 Å². The van der Waals surface area contributed by atoms with Gasteiger partial charge in [0, 0.05) is 26.4 Å². The highest BCUT2D eigenvalue weighted by molar-refractivity contribution is 7.88. The average Bonchev–Trinajstić information content (AvgIpc) is 2.97. The lowest BCUT2D eigenvalue weighted by atomic mass is 9.77. The number of hydrogen-bond acceptors (Lipinski definition) is 5. The molecule has 1 amide bonds. The van der Waals surface area contributed by atoms with Crippen molar-refractivity contribution in [3.8, 4) is 0 Å². The fourth-order valence-corrected chi connectivity index (χ4v) is 4.84. The zero-order chi connectivity index (χ0) is 18.2. The van der Waals surface area contributed by atoms with E-state index in [-0.39, 0.29) is 29.9 Å². The van der Waals surface area contributed by atoms with E-state index in [4.69, 9.17) is 16.3 Å². The minimum Gasteiger partial charge on any atom is -0.379 e. The summed E-state index contributed by atoms with van der Waals surface area (Å²) in [6.07, 6.45) is 3.95. The Balaban J connectivity index is 1.69. The molecule has 0 radical (unpaired) electrons. The van der Waals surface area contributed by atoms with Gasteiger partial charge >= 0.3 is 0 Å². The highest BCUT2D eigenvalue weighted by atomic mass is 35.5. The Hall–Kier alpha value is -1.22. The van der Waals surface area contributed by atoms with Crippen LogP contribution in [0.25, 0.3) is 0 Å². The van der Waals surface area contributed by atoms with Crippen LogP contribution in [0.15, 0.2) is 18.3 Å². The molecule has 7 nitrogen and oxygen atoms in total. The van der Waals surface area contributed by atoms with E-state index in [0.29, 0.717) is 30.2 Å². The second-order valence-corrected chi connectivity index (χ2v) is 9.21. The maximum Gasteiger partial charge on any atom is 0.270 e. The normalized spacial score (nSPS) is 30.0. The fraction of sp³-hybridized carbons (Fsp3) is 0.625. The number of ether oxygens (including phenoxy) is 1. The third-order valence-electron chi connectivity index (χ3n) is 5.13. The maximum absolute atomic E-state index is 12.4. The summed E-state index contributed by atoms with van der Waals surface area (Å²) in [5.41, 5.74) is 0.297. The molecule has 138 valence electrons. The van der Waals surface area contributed by atoms with Gasteiger partial charge in [-0.25, -0.2) is 17.7 Å². The van der Waals surface area contributed by atoms with Gasteiger partial charge < -0.3 is 10.1 Å². The van der Waals surface area contributed by atoms with Gasteiger partial charge in [-0.15, -0.1) is 0 Å². The van der Waals surface area contributed by atoms with Crippen LogP contribution in [0, 0.1) is 11.8 Å².